The van der Waals surface area contributed by atoms with Gasteiger partial charge < -0.3 is 14.4 Å². The lowest BCUT2D eigenvalue weighted by Gasteiger charge is -2.31. The van der Waals surface area contributed by atoms with Crippen LogP contribution in [0.5, 0.6) is 11.5 Å². The summed E-state index contributed by atoms with van der Waals surface area (Å²) in [5, 5.41) is 0. The topological polar surface area (TPSA) is 55.8 Å². The van der Waals surface area contributed by atoms with Crippen LogP contribution in [0.25, 0.3) is 0 Å². The van der Waals surface area contributed by atoms with E-state index in [2.05, 4.69) is 15.9 Å². The fourth-order valence-electron chi connectivity index (χ4n) is 3.58. The van der Waals surface area contributed by atoms with Gasteiger partial charge in [-0.15, -0.1) is 0 Å². The van der Waals surface area contributed by atoms with Gasteiger partial charge in [-0.05, 0) is 60.2 Å². The molecule has 2 aliphatic rings. The molecule has 0 bridgehead atoms. The van der Waals surface area contributed by atoms with E-state index in [-0.39, 0.29) is 30.3 Å². The van der Waals surface area contributed by atoms with Crippen molar-refractivity contribution in [3.8, 4) is 11.5 Å². The predicted octanol–water partition coefficient (Wildman–Crippen LogP) is 4.98. The minimum Gasteiger partial charge on any atom is -0.493 e. The first-order valence-corrected chi connectivity index (χ1v) is 11.0. The van der Waals surface area contributed by atoms with E-state index >= 15 is 0 Å². The van der Waals surface area contributed by atoms with E-state index in [1.165, 1.54) is 37.3 Å². The molecule has 1 fully saturated rings. The van der Waals surface area contributed by atoms with Gasteiger partial charge in [-0.2, -0.15) is 0 Å². The largest absolute Gasteiger partial charge is 0.493 e. The molecule has 0 saturated heterocycles. The lowest BCUT2D eigenvalue weighted by molar-refractivity contribution is -0.131. The monoisotopic (exact) mass is 487 g/mol. The average Bonchev–Trinajstić information content (AvgIpc) is 3.58. The van der Waals surface area contributed by atoms with E-state index in [1.807, 2.05) is 6.07 Å². The van der Waals surface area contributed by atoms with E-state index in [1.54, 1.807) is 30.2 Å². The number of amides is 1. The lowest BCUT2D eigenvalue weighted by atomic mass is 9.96. The molecule has 0 radical (unpaired) electrons. The molecule has 1 amide bonds. The molecule has 0 aromatic heterocycles. The molecule has 0 N–H and O–H groups in total. The molecule has 4 rings (SSSR count). The Hall–Kier alpha value is -2.67. The number of carbonyl (C=O) groups excluding carboxylic acids is 2. The molecule has 2 aromatic carbocycles. The van der Waals surface area contributed by atoms with Crippen molar-refractivity contribution >= 4 is 27.6 Å². The maximum Gasteiger partial charge on any atom is 0.231 e. The van der Waals surface area contributed by atoms with Gasteiger partial charge in [0.2, 0.25) is 5.91 Å². The number of hydrogen-bond acceptors (Lipinski definition) is 4. The molecular formula is C24H23BrFNO4. The fraction of sp³-hybridized carbons (Fsp3) is 0.333. The number of benzene rings is 2. The van der Waals surface area contributed by atoms with Crippen molar-refractivity contribution in [2.45, 2.75) is 31.7 Å². The number of methoxy groups -OCH3 is 1. The summed E-state index contributed by atoms with van der Waals surface area (Å²) < 4.78 is 25.4. The molecule has 1 heterocycles. The van der Waals surface area contributed by atoms with Gasteiger partial charge in [0.1, 0.15) is 5.82 Å². The molecular weight excluding hydrogens is 465 g/mol. The number of hydrogen-bond donors (Lipinski definition) is 0. The van der Waals surface area contributed by atoms with Gasteiger partial charge in [0, 0.05) is 17.1 Å². The highest BCUT2D eigenvalue weighted by Gasteiger charge is 2.29. The molecule has 5 nitrogen and oxygen atoms in total. The van der Waals surface area contributed by atoms with E-state index < -0.39 is 6.04 Å². The van der Waals surface area contributed by atoms with Crippen molar-refractivity contribution in [1.82, 2.24) is 4.90 Å². The van der Waals surface area contributed by atoms with Crippen molar-refractivity contribution in [2.75, 3.05) is 13.7 Å². The zero-order valence-corrected chi connectivity index (χ0v) is 18.7. The second kappa shape index (κ2) is 9.22. The Bertz CT molecular complexity index is 1020. The first-order chi connectivity index (χ1) is 14.9. The molecule has 1 aliphatic carbocycles. The Balaban J connectivity index is 1.56. The number of ketones is 1. The molecule has 7 heteroatoms. The summed E-state index contributed by atoms with van der Waals surface area (Å²) in [7, 11) is 1.58. The molecule has 31 heavy (non-hydrogen) atoms. The Morgan fingerprint density at radius 1 is 1.19 bits per heavy atom. The number of rotatable bonds is 7. The second-order valence-electron chi connectivity index (χ2n) is 7.88. The van der Waals surface area contributed by atoms with Crippen molar-refractivity contribution in [1.29, 1.82) is 0 Å². The van der Waals surface area contributed by atoms with Crippen molar-refractivity contribution in [3.63, 3.8) is 0 Å². The van der Waals surface area contributed by atoms with Crippen LogP contribution in [0, 0.1) is 11.7 Å². The summed E-state index contributed by atoms with van der Waals surface area (Å²) >= 11 is 3.52. The standard InChI is InChI=1S/C24H23BrFNO4/c1-30-22-13-20(25)17(10-23(22)31-14-15-2-3-15)11-24(29)27-9-8-19(28)12-21(27)16-4-6-18(26)7-5-16/h4-10,13,15,21H,2-3,11-12,14H2,1H3. The molecule has 1 aliphatic heterocycles. The Kier molecular flexibility index (Phi) is 6.41. The minimum absolute atomic E-state index is 0.0697. The zero-order valence-electron chi connectivity index (χ0n) is 17.1. The van der Waals surface area contributed by atoms with Gasteiger partial charge in [0.05, 0.1) is 26.2 Å². The molecule has 0 spiro atoms. The van der Waals surface area contributed by atoms with Crippen LogP contribution in [0.1, 0.15) is 36.4 Å². The summed E-state index contributed by atoms with van der Waals surface area (Å²) in [6.07, 6.45) is 5.55. The Morgan fingerprint density at radius 3 is 2.61 bits per heavy atom. The molecule has 2 aromatic rings. The maximum atomic E-state index is 13.3. The van der Waals surface area contributed by atoms with Gasteiger partial charge in [-0.1, -0.05) is 28.1 Å². The van der Waals surface area contributed by atoms with Crippen LogP contribution in [-0.2, 0) is 16.0 Å². The van der Waals surface area contributed by atoms with Gasteiger partial charge >= 0.3 is 0 Å². The Labute approximate surface area is 189 Å². The van der Waals surface area contributed by atoms with E-state index in [0.29, 0.717) is 24.0 Å². The van der Waals surface area contributed by atoms with Crippen LogP contribution in [0.2, 0.25) is 0 Å². The lowest BCUT2D eigenvalue weighted by Crippen LogP contribution is -2.35. The number of allylic oxidation sites excluding steroid dienone is 1. The second-order valence-corrected chi connectivity index (χ2v) is 8.73. The number of halogens is 2. The van der Waals surface area contributed by atoms with E-state index in [9.17, 15) is 14.0 Å². The smallest absolute Gasteiger partial charge is 0.231 e. The number of carbonyl (C=O) groups is 2. The van der Waals surface area contributed by atoms with Gasteiger partial charge in [-0.3, -0.25) is 9.59 Å². The van der Waals surface area contributed by atoms with Crippen LogP contribution >= 0.6 is 15.9 Å². The van der Waals surface area contributed by atoms with Crippen LogP contribution in [0.4, 0.5) is 4.39 Å². The fourth-order valence-corrected chi connectivity index (χ4v) is 4.04. The van der Waals surface area contributed by atoms with Crippen molar-refractivity contribution < 1.29 is 23.5 Å². The van der Waals surface area contributed by atoms with E-state index in [4.69, 9.17) is 9.47 Å². The first-order valence-electron chi connectivity index (χ1n) is 10.2. The predicted molar refractivity (Wildman–Crippen MR) is 117 cm³/mol. The summed E-state index contributed by atoms with van der Waals surface area (Å²) in [5.74, 6) is 1.21. The summed E-state index contributed by atoms with van der Waals surface area (Å²) in [5.41, 5.74) is 1.48. The number of nitrogens with zero attached hydrogens (tertiary/aromatic N) is 1. The maximum absolute atomic E-state index is 13.3. The highest BCUT2D eigenvalue weighted by Crippen LogP contribution is 2.37. The third-order valence-corrected chi connectivity index (χ3v) is 6.28. The molecule has 1 saturated carbocycles. The van der Waals surface area contributed by atoms with Crippen LogP contribution in [-0.4, -0.2) is 30.3 Å². The minimum atomic E-state index is -0.465. The highest BCUT2D eigenvalue weighted by atomic mass is 79.9. The average molecular weight is 488 g/mol. The van der Waals surface area contributed by atoms with Crippen LogP contribution in [0.3, 0.4) is 0 Å². The van der Waals surface area contributed by atoms with Gasteiger partial charge in [0.25, 0.3) is 0 Å². The summed E-state index contributed by atoms with van der Waals surface area (Å²) in [4.78, 5) is 26.8. The Morgan fingerprint density at radius 2 is 1.94 bits per heavy atom. The third kappa shape index (κ3) is 5.15. The van der Waals surface area contributed by atoms with Gasteiger partial charge in [0.15, 0.2) is 17.3 Å². The summed E-state index contributed by atoms with van der Waals surface area (Å²) in [6.45, 7) is 0.634. The van der Waals surface area contributed by atoms with Crippen LogP contribution < -0.4 is 9.47 Å². The SMILES string of the molecule is COc1cc(Br)c(CC(=O)N2C=CC(=O)CC2c2ccc(F)cc2)cc1OCC1CC1. The molecule has 1 unspecified atom stereocenters. The van der Waals surface area contributed by atoms with Crippen molar-refractivity contribution in [3.05, 3.63) is 70.1 Å². The van der Waals surface area contributed by atoms with E-state index in [0.717, 1.165) is 15.6 Å². The van der Waals surface area contributed by atoms with Crippen LogP contribution in [0.15, 0.2) is 53.1 Å². The van der Waals surface area contributed by atoms with Gasteiger partial charge in [-0.25, -0.2) is 4.39 Å². The third-order valence-electron chi connectivity index (χ3n) is 5.54. The van der Waals surface area contributed by atoms with Crippen molar-refractivity contribution in [2.24, 2.45) is 5.92 Å². The molecule has 1 atom stereocenters. The summed E-state index contributed by atoms with van der Waals surface area (Å²) in [6, 6.07) is 9.06. The number of ether oxygens (including phenoxy) is 2. The first kappa shape index (κ1) is 21.6. The normalized spacial score (nSPS) is 18.2. The highest BCUT2D eigenvalue weighted by molar-refractivity contribution is 9.10. The molecule has 162 valence electrons. The quantitative estimate of drug-likeness (QED) is 0.552. The zero-order chi connectivity index (χ0) is 22.0.